The first kappa shape index (κ1) is 14.0. The smallest absolute Gasteiger partial charge is 0.305 e. The first-order chi connectivity index (χ1) is 8.58. The summed E-state index contributed by atoms with van der Waals surface area (Å²) in [4.78, 5) is 10.0. The molecule has 0 fully saturated rings. The molecule has 1 rings (SSSR count). The molecule has 0 unspecified atom stereocenters. The fourth-order valence-electron chi connectivity index (χ4n) is 0.978. The zero-order valence-electron chi connectivity index (χ0n) is 8.88. The topological polar surface area (TPSA) is 135 Å². The van der Waals surface area contributed by atoms with Crippen LogP contribution in [-0.2, 0) is 24.5 Å². The average Bonchev–Trinajstić information content (AvgIpc) is 2.36. The van der Waals surface area contributed by atoms with Crippen molar-refractivity contribution in [1.82, 2.24) is 4.16 Å². The fourth-order valence-corrected chi connectivity index (χ4v) is 1.21. The van der Waals surface area contributed by atoms with Gasteiger partial charge < -0.3 is 8.95 Å². The number of ether oxygens (including phenoxy) is 1. The largest absolute Gasteiger partial charge is 0.496 e. The fraction of sp³-hybridized carbons (Fsp3) is 0.143. The first-order valence-electron chi connectivity index (χ1n) is 4.23. The number of hydrogen-bond acceptors (Lipinski definition) is 9. The Morgan fingerprint density at radius 1 is 1.56 bits per heavy atom. The lowest BCUT2D eigenvalue weighted by Crippen LogP contribution is -1.91. The van der Waals surface area contributed by atoms with E-state index < -0.39 is 15.8 Å². The van der Waals surface area contributed by atoms with Crippen molar-refractivity contribution in [1.29, 1.82) is 0 Å². The monoisotopic (exact) mass is 277 g/mol. The summed E-state index contributed by atoms with van der Waals surface area (Å²) >= 11 is 0. The van der Waals surface area contributed by atoms with Crippen molar-refractivity contribution >= 4 is 22.3 Å². The molecule has 0 spiro atoms. The number of hydrogen-bond donors (Lipinski definition) is 1. The predicted octanol–water partition coefficient (Wildman–Crippen LogP) is 1.24. The van der Waals surface area contributed by atoms with Gasteiger partial charge >= 0.3 is 5.69 Å². The maximum Gasteiger partial charge on any atom is 0.305 e. The van der Waals surface area contributed by atoms with E-state index in [4.69, 9.17) is 9.99 Å². The summed E-state index contributed by atoms with van der Waals surface area (Å²) < 4.78 is 22.3. The lowest BCUT2D eigenvalue weighted by Gasteiger charge is -1.98. The highest BCUT2D eigenvalue weighted by Crippen LogP contribution is 2.30. The lowest BCUT2D eigenvalue weighted by atomic mass is 10.2. The first-order valence-corrected chi connectivity index (χ1v) is 5.26. The quantitative estimate of drug-likeness (QED) is 0.213. The Hall–Kier alpha value is -2.04. The van der Waals surface area contributed by atoms with Gasteiger partial charge in [-0.1, -0.05) is 5.04 Å². The van der Waals surface area contributed by atoms with E-state index in [-0.39, 0.29) is 17.1 Å². The molecule has 1 aromatic carbocycles. The van der Waals surface area contributed by atoms with Gasteiger partial charge in [0.15, 0.2) is 0 Å². The second-order valence-corrected chi connectivity index (χ2v) is 3.39. The Morgan fingerprint density at radius 2 is 2.28 bits per heavy atom. The molecule has 1 aromatic rings. The van der Waals surface area contributed by atoms with Crippen LogP contribution in [0.15, 0.2) is 23.3 Å². The van der Waals surface area contributed by atoms with E-state index in [1.807, 2.05) is 0 Å². The van der Waals surface area contributed by atoms with Crippen molar-refractivity contribution < 1.29 is 28.5 Å². The zero-order valence-corrected chi connectivity index (χ0v) is 9.70. The summed E-state index contributed by atoms with van der Waals surface area (Å²) in [5.41, 5.74) is -0.546. The molecule has 11 heteroatoms. The van der Waals surface area contributed by atoms with E-state index >= 15 is 0 Å². The molecule has 0 saturated carbocycles. The second-order valence-electron chi connectivity index (χ2n) is 2.65. The SMILES string of the molecule is COc1ccc(N=[N+]=[S-](=O)OOO)c([N+](=O)[O-])c1. The molecular weight excluding hydrogens is 270 g/mol. The van der Waals surface area contributed by atoms with Crippen LogP contribution in [0.4, 0.5) is 11.4 Å². The summed E-state index contributed by atoms with van der Waals surface area (Å²) in [5.74, 6) is 0.261. The van der Waals surface area contributed by atoms with Crippen LogP contribution in [0, 0.1) is 10.1 Å². The second kappa shape index (κ2) is 6.64. The minimum atomic E-state index is -2.42. The molecule has 0 saturated heterocycles. The highest BCUT2D eigenvalue weighted by atomic mass is 32.2. The normalized spacial score (nSPS) is 9.94. The molecule has 0 amide bonds. The van der Waals surface area contributed by atoms with Crippen LogP contribution in [-0.4, -0.2) is 17.3 Å². The molecule has 0 heterocycles. The standard InChI is InChI=1S/C7H7N3O7S/c1-15-5-2-3-6(7(4-5)10(11)12)8-9-18(14)17-16-13/h2-4,13H,1H3. The Labute approximate surface area is 102 Å². The molecule has 0 atom stereocenters. The summed E-state index contributed by atoms with van der Waals surface area (Å²) in [7, 11) is -1.07. The Morgan fingerprint density at radius 3 is 2.83 bits per heavy atom. The van der Waals surface area contributed by atoms with Gasteiger partial charge in [0.2, 0.25) is 5.69 Å². The number of nitro benzene ring substituents is 1. The van der Waals surface area contributed by atoms with Gasteiger partial charge in [-0.25, -0.2) is 9.59 Å². The molecule has 0 aromatic heterocycles. The van der Waals surface area contributed by atoms with Crippen LogP contribution in [0.2, 0.25) is 0 Å². The Balaban J connectivity index is 3.21. The molecular formula is C7H7N3O7S. The highest BCUT2D eigenvalue weighted by Gasteiger charge is 2.17. The van der Waals surface area contributed by atoms with Gasteiger partial charge in [0.25, 0.3) is 10.9 Å². The third-order valence-corrected chi connectivity index (χ3v) is 2.08. The Kier molecular flexibility index (Phi) is 5.17. The molecule has 0 aliphatic heterocycles. The van der Waals surface area contributed by atoms with Gasteiger partial charge in [-0.2, -0.15) is 0 Å². The van der Waals surface area contributed by atoms with E-state index in [0.29, 0.717) is 0 Å². The summed E-state index contributed by atoms with van der Waals surface area (Å²) in [6.45, 7) is 0. The van der Waals surface area contributed by atoms with Gasteiger partial charge in [0, 0.05) is 0 Å². The maximum absolute atomic E-state index is 10.8. The van der Waals surface area contributed by atoms with Crippen molar-refractivity contribution in [3.63, 3.8) is 0 Å². The molecule has 0 radical (unpaired) electrons. The van der Waals surface area contributed by atoms with E-state index in [1.165, 1.54) is 19.2 Å². The summed E-state index contributed by atoms with van der Waals surface area (Å²) in [5, 5.41) is 25.0. The van der Waals surface area contributed by atoms with E-state index in [1.54, 1.807) is 0 Å². The zero-order chi connectivity index (χ0) is 13.5. The molecule has 18 heavy (non-hydrogen) atoms. The van der Waals surface area contributed by atoms with Crippen LogP contribution in [0.1, 0.15) is 0 Å². The average molecular weight is 277 g/mol. The van der Waals surface area contributed by atoms with Crippen molar-refractivity contribution in [2.45, 2.75) is 0 Å². The van der Waals surface area contributed by atoms with E-state index in [2.05, 4.69) is 18.6 Å². The number of nitro groups is 1. The highest BCUT2D eigenvalue weighted by molar-refractivity contribution is 7.68. The summed E-state index contributed by atoms with van der Waals surface area (Å²) in [6.07, 6.45) is 0. The van der Waals surface area contributed by atoms with Gasteiger partial charge in [0.1, 0.15) is 10.9 Å². The molecule has 0 aliphatic rings. The minimum Gasteiger partial charge on any atom is -0.496 e. The van der Waals surface area contributed by atoms with Crippen LogP contribution < -0.4 is 8.90 Å². The molecule has 0 bridgehead atoms. The maximum atomic E-state index is 10.8. The van der Waals surface area contributed by atoms with Crippen LogP contribution in [0.3, 0.4) is 0 Å². The Bertz CT molecular complexity index is 562. The summed E-state index contributed by atoms with van der Waals surface area (Å²) in [6, 6.07) is 3.78. The molecule has 0 aliphatic carbocycles. The van der Waals surface area contributed by atoms with Crippen molar-refractivity contribution in [3.8, 4) is 5.75 Å². The van der Waals surface area contributed by atoms with Gasteiger partial charge in [-0.15, -0.1) is 0 Å². The van der Waals surface area contributed by atoms with E-state index in [0.717, 1.165) is 6.07 Å². The van der Waals surface area contributed by atoms with E-state index in [9.17, 15) is 14.3 Å². The minimum absolute atomic E-state index is 0.157. The van der Waals surface area contributed by atoms with Crippen LogP contribution in [0.5, 0.6) is 5.75 Å². The van der Waals surface area contributed by atoms with Crippen LogP contribution in [0.25, 0.3) is 0 Å². The number of rotatable bonds is 5. The third-order valence-electron chi connectivity index (χ3n) is 1.68. The number of methoxy groups -OCH3 is 1. The molecule has 1 N–H and O–H groups in total. The molecule has 10 nitrogen and oxygen atoms in total. The van der Waals surface area contributed by atoms with Crippen molar-refractivity contribution in [2.75, 3.05) is 7.11 Å². The van der Waals surface area contributed by atoms with Gasteiger partial charge in [0.05, 0.1) is 18.1 Å². The van der Waals surface area contributed by atoms with Gasteiger partial charge in [-0.05, 0) is 16.3 Å². The van der Waals surface area contributed by atoms with Crippen molar-refractivity contribution in [3.05, 3.63) is 28.3 Å². The third kappa shape index (κ3) is 3.76. The lowest BCUT2D eigenvalue weighted by molar-refractivity contribution is -0.434. The predicted molar refractivity (Wildman–Crippen MR) is 56.7 cm³/mol. The molecule has 98 valence electrons. The van der Waals surface area contributed by atoms with Crippen molar-refractivity contribution in [2.24, 2.45) is 5.11 Å². The van der Waals surface area contributed by atoms with Gasteiger partial charge in [-0.3, -0.25) is 10.1 Å². The van der Waals surface area contributed by atoms with Crippen LogP contribution >= 0.6 is 0 Å². The number of benzene rings is 1. The number of nitrogens with zero attached hydrogens (tertiary/aromatic N) is 3.